The van der Waals surface area contributed by atoms with E-state index < -0.39 is 0 Å². The van der Waals surface area contributed by atoms with E-state index in [0.717, 1.165) is 25.7 Å². The molecule has 8 nitrogen and oxygen atoms in total. The summed E-state index contributed by atoms with van der Waals surface area (Å²) in [5.74, 6) is 0.974. The summed E-state index contributed by atoms with van der Waals surface area (Å²) in [5.41, 5.74) is 1.46. The van der Waals surface area contributed by atoms with Gasteiger partial charge in [0, 0.05) is 32.0 Å². The maximum absolute atomic E-state index is 12.3. The van der Waals surface area contributed by atoms with E-state index in [1.807, 2.05) is 13.8 Å². The topological polar surface area (TPSA) is 100 Å². The summed E-state index contributed by atoms with van der Waals surface area (Å²) < 4.78 is 5.33. The number of hydrogen-bond acceptors (Lipinski definition) is 5. The van der Waals surface area contributed by atoms with Gasteiger partial charge in [-0.15, -0.1) is 0 Å². The standard InChI is InChI=1S/C21H33N5O3/c1-15(2)23-21(28)26-14-6-9-17(26)20-24-19(29-25-20)11-10-18(27)22-13-12-16-7-4-3-5-8-16/h7,15,17H,3-6,8-14H2,1-2H3,(H,22,27)(H,23,28). The third kappa shape index (κ3) is 6.30. The van der Waals surface area contributed by atoms with Gasteiger partial charge in [0.05, 0.1) is 6.04 Å². The molecule has 3 amide bonds. The molecular formula is C21H33N5O3. The number of aryl methyl sites for hydroxylation is 1. The Morgan fingerprint density at radius 1 is 1.28 bits per heavy atom. The van der Waals surface area contributed by atoms with Gasteiger partial charge >= 0.3 is 6.03 Å². The van der Waals surface area contributed by atoms with E-state index in [-0.39, 0.29) is 24.0 Å². The van der Waals surface area contributed by atoms with Crippen LogP contribution in [0.1, 0.15) is 83.0 Å². The van der Waals surface area contributed by atoms with Gasteiger partial charge in [-0.25, -0.2) is 4.79 Å². The summed E-state index contributed by atoms with van der Waals surface area (Å²) in [6.07, 6.45) is 10.6. The molecule has 1 aromatic heterocycles. The zero-order valence-corrected chi connectivity index (χ0v) is 17.6. The maximum Gasteiger partial charge on any atom is 0.318 e. The van der Waals surface area contributed by atoms with Gasteiger partial charge in [-0.2, -0.15) is 4.98 Å². The fraction of sp³-hybridized carbons (Fsp3) is 0.714. The highest BCUT2D eigenvalue weighted by atomic mass is 16.5. The van der Waals surface area contributed by atoms with Crippen molar-refractivity contribution in [3.8, 4) is 0 Å². The van der Waals surface area contributed by atoms with Crippen molar-refractivity contribution < 1.29 is 14.1 Å². The molecule has 1 aliphatic heterocycles. The van der Waals surface area contributed by atoms with Gasteiger partial charge < -0.3 is 20.1 Å². The molecule has 0 spiro atoms. The van der Waals surface area contributed by atoms with Gasteiger partial charge in [-0.3, -0.25) is 4.79 Å². The first-order chi connectivity index (χ1) is 14.0. The molecule has 8 heteroatoms. The van der Waals surface area contributed by atoms with Gasteiger partial charge in [0.1, 0.15) is 0 Å². The van der Waals surface area contributed by atoms with Crippen molar-refractivity contribution in [1.29, 1.82) is 0 Å². The molecular weight excluding hydrogens is 370 g/mol. The van der Waals surface area contributed by atoms with Crippen LogP contribution in [0.4, 0.5) is 4.79 Å². The van der Waals surface area contributed by atoms with Crippen LogP contribution in [0.5, 0.6) is 0 Å². The number of aromatic nitrogens is 2. The molecule has 0 aromatic carbocycles. The van der Waals surface area contributed by atoms with E-state index >= 15 is 0 Å². The van der Waals surface area contributed by atoms with Crippen molar-refractivity contribution in [2.75, 3.05) is 13.1 Å². The lowest BCUT2D eigenvalue weighted by atomic mass is 9.97. The number of hydrogen-bond donors (Lipinski definition) is 2. The summed E-state index contributed by atoms with van der Waals surface area (Å²) in [7, 11) is 0. The fourth-order valence-corrected chi connectivity index (χ4v) is 3.92. The molecule has 1 unspecified atom stereocenters. The monoisotopic (exact) mass is 403 g/mol. The summed E-state index contributed by atoms with van der Waals surface area (Å²) in [6.45, 7) is 5.24. The summed E-state index contributed by atoms with van der Waals surface area (Å²) in [4.78, 5) is 30.6. The van der Waals surface area contributed by atoms with E-state index in [9.17, 15) is 9.59 Å². The van der Waals surface area contributed by atoms with Crippen molar-refractivity contribution in [2.45, 2.75) is 83.7 Å². The zero-order valence-electron chi connectivity index (χ0n) is 17.6. The van der Waals surface area contributed by atoms with Gasteiger partial charge in [0.2, 0.25) is 11.8 Å². The first-order valence-corrected chi connectivity index (χ1v) is 10.9. The molecule has 1 saturated heterocycles. The minimum Gasteiger partial charge on any atom is -0.356 e. The second-order valence-electron chi connectivity index (χ2n) is 8.21. The summed E-state index contributed by atoms with van der Waals surface area (Å²) in [5, 5.41) is 9.95. The minimum absolute atomic E-state index is 0.0000338. The lowest BCUT2D eigenvalue weighted by Gasteiger charge is -2.23. The molecule has 29 heavy (non-hydrogen) atoms. The molecule has 1 atom stereocenters. The number of nitrogens with one attached hydrogen (secondary N) is 2. The van der Waals surface area contributed by atoms with Crippen LogP contribution in [0.3, 0.4) is 0 Å². The van der Waals surface area contributed by atoms with E-state index in [0.29, 0.717) is 37.6 Å². The molecule has 0 saturated carbocycles. The third-order valence-electron chi connectivity index (χ3n) is 5.43. The van der Waals surface area contributed by atoms with Crippen molar-refractivity contribution in [2.24, 2.45) is 0 Å². The lowest BCUT2D eigenvalue weighted by molar-refractivity contribution is -0.121. The lowest BCUT2D eigenvalue weighted by Crippen LogP contribution is -2.42. The Bertz CT molecular complexity index is 728. The third-order valence-corrected chi connectivity index (χ3v) is 5.43. The number of nitrogens with zero attached hydrogens (tertiary/aromatic N) is 3. The van der Waals surface area contributed by atoms with Crippen LogP contribution >= 0.6 is 0 Å². The molecule has 160 valence electrons. The second-order valence-corrected chi connectivity index (χ2v) is 8.21. The Morgan fingerprint density at radius 3 is 2.90 bits per heavy atom. The smallest absolute Gasteiger partial charge is 0.318 e. The Morgan fingerprint density at radius 2 is 2.14 bits per heavy atom. The Kier molecular flexibility index (Phi) is 7.66. The number of carbonyl (C=O) groups is 2. The van der Waals surface area contributed by atoms with E-state index in [1.165, 1.54) is 24.8 Å². The molecule has 2 aliphatic rings. The zero-order chi connectivity index (χ0) is 20.6. The van der Waals surface area contributed by atoms with E-state index in [2.05, 4.69) is 26.9 Å². The average Bonchev–Trinajstić information content (AvgIpc) is 3.36. The van der Waals surface area contributed by atoms with E-state index in [1.54, 1.807) is 4.90 Å². The summed E-state index contributed by atoms with van der Waals surface area (Å²) in [6, 6.07) is -0.178. The van der Waals surface area contributed by atoms with Gasteiger partial charge in [-0.1, -0.05) is 16.8 Å². The molecule has 2 heterocycles. The van der Waals surface area contributed by atoms with Crippen molar-refractivity contribution >= 4 is 11.9 Å². The Labute approximate surface area is 172 Å². The van der Waals surface area contributed by atoms with Crippen LogP contribution in [0.15, 0.2) is 16.2 Å². The summed E-state index contributed by atoms with van der Waals surface area (Å²) >= 11 is 0. The molecule has 1 fully saturated rings. The van der Waals surface area contributed by atoms with Crippen molar-refractivity contribution in [1.82, 2.24) is 25.7 Å². The fourth-order valence-electron chi connectivity index (χ4n) is 3.92. The van der Waals surface area contributed by atoms with Crippen LogP contribution in [0.25, 0.3) is 0 Å². The van der Waals surface area contributed by atoms with Crippen LogP contribution in [-0.2, 0) is 11.2 Å². The van der Waals surface area contributed by atoms with Crippen LogP contribution in [-0.4, -0.2) is 46.1 Å². The highest BCUT2D eigenvalue weighted by Gasteiger charge is 2.33. The van der Waals surface area contributed by atoms with Gasteiger partial charge in [-0.05, 0) is 58.8 Å². The molecule has 2 N–H and O–H groups in total. The van der Waals surface area contributed by atoms with Crippen molar-refractivity contribution in [3.63, 3.8) is 0 Å². The van der Waals surface area contributed by atoms with Crippen molar-refractivity contribution in [3.05, 3.63) is 23.4 Å². The largest absolute Gasteiger partial charge is 0.356 e. The van der Waals surface area contributed by atoms with Crippen LogP contribution in [0.2, 0.25) is 0 Å². The SMILES string of the molecule is CC(C)NC(=O)N1CCCC1c1noc(CCC(=O)NCCC2=CCCCC2)n1. The average molecular weight is 404 g/mol. The molecule has 3 rings (SSSR count). The Balaban J connectivity index is 1.43. The molecule has 1 aliphatic carbocycles. The number of likely N-dealkylation sites (tertiary alicyclic amines) is 1. The molecule has 0 radical (unpaired) electrons. The second kappa shape index (κ2) is 10.4. The van der Waals surface area contributed by atoms with Crippen LogP contribution < -0.4 is 10.6 Å². The predicted octanol–water partition coefficient (Wildman–Crippen LogP) is 3.26. The minimum atomic E-state index is -0.163. The van der Waals surface area contributed by atoms with E-state index in [4.69, 9.17) is 4.52 Å². The molecule has 0 bridgehead atoms. The normalized spacial score (nSPS) is 19.3. The highest BCUT2D eigenvalue weighted by molar-refractivity contribution is 5.76. The number of carbonyl (C=O) groups excluding carboxylic acids is 2. The first-order valence-electron chi connectivity index (χ1n) is 10.9. The number of urea groups is 1. The number of rotatable bonds is 8. The van der Waals surface area contributed by atoms with Gasteiger partial charge in [0.25, 0.3) is 0 Å². The quantitative estimate of drug-likeness (QED) is 0.649. The maximum atomic E-state index is 12.3. The van der Waals surface area contributed by atoms with Crippen LogP contribution in [0, 0.1) is 0 Å². The number of allylic oxidation sites excluding steroid dienone is 1. The van der Waals surface area contributed by atoms with Gasteiger partial charge in [0.15, 0.2) is 5.82 Å². The highest BCUT2D eigenvalue weighted by Crippen LogP contribution is 2.30. The Hall–Kier alpha value is -2.38. The predicted molar refractivity (Wildman–Crippen MR) is 109 cm³/mol. The molecule has 1 aromatic rings. The first kappa shape index (κ1) is 21.3. The number of amides is 3.